The molecule has 0 heterocycles. The highest BCUT2D eigenvalue weighted by Gasteiger charge is 2.61. The molecule has 0 saturated heterocycles. The maximum absolute atomic E-state index is 11.7. The molecular weight excluding hydrogens is 2210 g/mol. The summed E-state index contributed by atoms with van der Waals surface area (Å²) in [7, 11) is -120. The second-order valence-corrected chi connectivity index (χ2v) is 44.5. The van der Waals surface area contributed by atoms with Gasteiger partial charge in [0.1, 0.15) is 110 Å². The van der Waals surface area contributed by atoms with Gasteiger partial charge >= 0.3 is 0 Å². The van der Waals surface area contributed by atoms with E-state index in [4.69, 9.17) is 28.4 Å². The van der Waals surface area contributed by atoms with Crippen molar-refractivity contribution in [1.29, 1.82) is 0 Å². The summed E-state index contributed by atoms with van der Waals surface area (Å²) in [6, 6.07) is 0. The van der Waals surface area contributed by atoms with Crippen molar-refractivity contribution in [2.45, 2.75) is 148 Å². The third kappa shape index (κ3) is 49.8. The lowest BCUT2D eigenvalue weighted by atomic mass is 9.79. The van der Waals surface area contributed by atoms with Crippen LogP contribution >= 0.6 is 141 Å². The van der Waals surface area contributed by atoms with Crippen molar-refractivity contribution in [3.63, 3.8) is 0 Å². The van der Waals surface area contributed by atoms with Crippen LogP contribution in [0.25, 0.3) is 0 Å². The van der Waals surface area contributed by atoms with E-state index in [0.29, 0.717) is 6.92 Å². The predicted molar refractivity (Wildman–Crippen MR) is 304 cm³/mol. The van der Waals surface area contributed by atoms with E-state index in [1.807, 2.05) is 0 Å². The van der Waals surface area contributed by atoms with Crippen LogP contribution in [0.5, 0.6) is 0 Å². The number of hydrogen-bond donors (Lipinski definition) is 0. The van der Waals surface area contributed by atoms with E-state index in [9.17, 15) is 258 Å². The van der Waals surface area contributed by atoms with E-state index in [-0.39, 0.29) is 0 Å². The molecule has 4 saturated carbocycles. The summed E-state index contributed by atoms with van der Waals surface area (Å²) in [6.45, 7) is -8.13. The summed E-state index contributed by atoms with van der Waals surface area (Å²) in [5, 5.41) is 0. The highest BCUT2D eigenvalue weighted by molar-refractivity contribution is 7.47. The Morgan fingerprint density at radius 3 is 0.354 bits per heavy atom. The highest BCUT2D eigenvalue weighted by Crippen LogP contribution is 2.56. The van der Waals surface area contributed by atoms with Crippen LogP contribution in [0.1, 0.15) is 13.8 Å². The Morgan fingerprint density at radius 1 is 0.131 bits per heavy atom. The van der Waals surface area contributed by atoms with Gasteiger partial charge in [0.05, 0.1) is 218 Å². The Kier molecular flexibility index (Phi) is 46.7. The summed E-state index contributed by atoms with van der Waals surface area (Å²) in [5.74, 6) is -4.16. The van der Waals surface area contributed by atoms with Gasteiger partial charge < -0.3 is 368 Å². The van der Waals surface area contributed by atoms with Gasteiger partial charge in [0, 0.05) is 11.8 Å². The van der Waals surface area contributed by atoms with Gasteiger partial charge in [-0.25, -0.2) is 0 Å². The molecule has 5 unspecified atom stereocenters. The molecule has 0 aromatic rings. The zero-order valence-electron chi connectivity index (χ0n) is 61.4. The summed E-state index contributed by atoms with van der Waals surface area (Å²) in [5.41, 5.74) is 0. The Bertz CT molecular complexity index is 4320. The lowest BCUT2D eigenvalue weighted by Gasteiger charge is -2.56. The maximum atomic E-state index is 11.7. The monoisotopic (exact) mass is 2260 g/mol. The summed E-state index contributed by atoms with van der Waals surface area (Å²) in [6.07, 6.45) is -70.1. The molecule has 0 amide bonds. The molecular formula is C34H46O78P18-36. The van der Waals surface area contributed by atoms with Crippen molar-refractivity contribution < 1.29 is 368 Å². The SMILES string of the molecule is C[C@@H]1[C@H](OCCOCCO[C@H]2[C@@H](OP(=O)([O-])[O-])[C@H](OP(=O)([O-])[O-])[C@@H](OP(=O)([O-])[O-])[C@H](C)[C@H]2OP(=O)([O-])[O-])[C@H](OP(=O)([O-])[O-])[C@@H](OP(=O)([O-])[O-])[C@H](OP(=O)([O-])[O-])[C@H]1OP(=O)([O-])[O-].O=P([O-])([O-])OC1C(OP(=O)([O-])[O-])[C@H](OP(=O)([O-])[O-])[C@@H](OP(=O)([O-])[O-])C(OCCOCCOC2[C@@H](OP(=O)([O-])[O-])[C@H](OP(=O)([O-])[O-])C(OP(=O)([O-])[O-])[C@H](OP(=O)([O-])[O-])[C@H]2OP(=O)([O-])[O-])[C@H]1OP(=O)([O-])[O-]. The normalized spacial score (nSPS) is 30.7. The molecule has 130 heavy (non-hydrogen) atoms. The van der Waals surface area contributed by atoms with E-state index in [1.165, 1.54) is 0 Å². The fourth-order valence-electron chi connectivity index (χ4n) is 11.9. The Labute approximate surface area is 719 Å². The van der Waals surface area contributed by atoms with Crippen molar-refractivity contribution in [1.82, 2.24) is 0 Å². The van der Waals surface area contributed by atoms with E-state index in [2.05, 4.69) is 81.4 Å². The maximum Gasteiger partial charge on any atom is 0.121 e. The van der Waals surface area contributed by atoms with Gasteiger partial charge in [0.2, 0.25) is 0 Å². The molecule has 0 aromatic heterocycles. The van der Waals surface area contributed by atoms with Crippen LogP contribution in [0, 0.1) is 11.8 Å². The van der Waals surface area contributed by atoms with Crippen molar-refractivity contribution in [2.75, 3.05) is 52.9 Å². The summed E-state index contributed by atoms with van der Waals surface area (Å²) in [4.78, 5) is 417. The fourth-order valence-corrected chi connectivity index (χ4v) is 21.8. The number of phosphoric acid groups is 18. The largest absolute Gasteiger partial charge is 0.790 e. The number of hydrogen-bond acceptors (Lipinski definition) is 78. The van der Waals surface area contributed by atoms with Gasteiger partial charge in [0.25, 0.3) is 0 Å². The van der Waals surface area contributed by atoms with E-state index < -0.39 is 340 Å². The molecule has 0 N–H and O–H groups in total. The standard InChI is InChI=1S/C18H42O35P8.C16H40O43P10/c1-7-9(14(49-57(28,29)30)18(53-61(40,41)42)16(51-59(34,35)36)11(7)47-55(22,23)24)44-5-3-43-4-6-45-13-10(46-54(19,20)21)8(2)12(48-56(25,26)27)15(50-58(31,32)33)17(13)52-60(37,38)39;17-60(18,19)50-7-5(8(51-61(20,21)22)12(55-65(32,33)34)15(58-68(41,42)43)11(7)54-64(29,30)31)48-3-1-47-2-4-49-6-9(52-62(23,24)25)13(56-66(35,36)37)16(59-69(44,45)46)14(57-67(38,39)40)10(6)53-63(26,27)28/h7-18H,3-6H2,1-2H3,(H2,19,20,21)(H2,22,23,24)(H2,25,26,27)(H2,28,29,30)(H2,31,32,33)(H2,34,35,36)(H2,37,38,39)(H2,40,41,42);5-16H,1-4H2,(H2,17,18,19)(H2,20,21,22)(H2,23,24,25)(H2,26,27,28)(H2,29,30,31)(H2,32,33,34)(H2,35,36,37)(H2,38,39,40)(H2,41,42,43)(H2,44,45,46)/p-36/t7-,8-,9+,10-,11+,12+,13-,14+,15-,16-,17-,18-;5?,6?,7-,8+,9-,10+,11+,12-,13+,14?,15?,16?/m10/s1. The highest BCUT2D eigenvalue weighted by atomic mass is 31.2. The predicted octanol–water partition coefficient (Wildman–Crippen LogP) is -31.3. The van der Waals surface area contributed by atoms with Gasteiger partial charge in [-0.1, -0.05) is 13.8 Å². The van der Waals surface area contributed by atoms with Crippen LogP contribution in [0.4, 0.5) is 0 Å². The molecule has 4 aliphatic rings. The van der Waals surface area contributed by atoms with Crippen molar-refractivity contribution in [2.24, 2.45) is 11.8 Å². The van der Waals surface area contributed by atoms with Crippen LogP contribution in [-0.2, 0) is 192 Å². The van der Waals surface area contributed by atoms with E-state index in [0.717, 1.165) is 6.92 Å². The molecule has 0 radical (unpaired) electrons. The molecule has 4 aliphatic carbocycles. The lowest BCUT2D eigenvalue weighted by molar-refractivity contribution is -0.386. The van der Waals surface area contributed by atoms with E-state index in [1.54, 1.807) is 0 Å². The first-order chi connectivity index (χ1) is 57.5. The molecule has 776 valence electrons. The molecule has 0 aromatic carbocycles. The van der Waals surface area contributed by atoms with Crippen LogP contribution in [0.2, 0.25) is 0 Å². The first kappa shape index (κ1) is 126. The first-order valence-electron chi connectivity index (χ1n) is 31.8. The smallest absolute Gasteiger partial charge is 0.121 e. The Balaban J connectivity index is 0.000000675. The third-order valence-corrected chi connectivity index (χ3v) is 24.2. The van der Waals surface area contributed by atoms with Crippen molar-refractivity contribution in [3.8, 4) is 0 Å². The molecule has 0 bridgehead atoms. The van der Waals surface area contributed by atoms with Crippen molar-refractivity contribution >= 4 is 141 Å². The summed E-state index contributed by atoms with van der Waals surface area (Å²) >= 11 is 0. The minimum Gasteiger partial charge on any atom is -0.790 e. The van der Waals surface area contributed by atoms with Gasteiger partial charge in [-0.2, -0.15) is 0 Å². The van der Waals surface area contributed by atoms with Crippen LogP contribution < -0.4 is 176 Å². The van der Waals surface area contributed by atoms with Crippen LogP contribution in [-0.4, -0.2) is 187 Å². The van der Waals surface area contributed by atoms with Crippen LogP contribution in [0.3, 0.4) is 0 Å². The average molecular weight is 2260 g/mol. The minimum atomic E-state index is -6.85. The Hall–Kier alpha value is 1.74. The molecule has 4 fully saturated rings. The minimum absolute atomic E-state index is 0.660. The van der Waals surface area contributed by atoms with E-state index >= 15 is 0 Å². The first-order valence-corrected chi connectivity index (χ1v) is 58.1. The zero-order chi connectivity index (χ0) is 101. The van der Waals surface area contributed by atoms with Gasteiger partial charge in [-0.3, -0.25) is 0 Å². The molecule has 96 heteroatoms. The summed E-state index contributed by atoms with van der Waals surface area (Å²) < 4.78 is 310. The molecule has 0 aliphatic heterocycles. The number of rotatable bonds is 52. The Morgan fingerprint density at radius 2 is 0.215 bits per heavy atom. The molecule has 78 nitrogen and oxygen atoms in total. The molecule has 0 spiro atoms. The zero-order valence-corrected chi connectivity index (χ0v) is 77.5. The second-order valence-electron chi connectivity index (χ2n) is 24.6. The van der Waals surface area contributed by atoms with Crippen molar-refractivity contribution in [3.05, 3.63) is 0 Å². The second kappa shape index (κ2) is 48.2. The lowest BCUT2D eigenvalue weighted by Crippen LogP contribution is -2.68. The quantitative estimate of drug-likeness (QED) is 0.0403. The van der Waals surface area contributed by atoms with Gasteiger partial charge in [-0.15, -0.1) is 0 Å². The average Bonchev–Trinajstić information content (AvgIpc) is 0.759. The van der Waals surface area contributed by atoms with Gasteiger partial charge in [0.15, 0.2) is 0 Å². The molecule has 24 atom stereocenters. The van der Waals surface area contributed by atoms with Gasteiger partial charge in [-0.05, 0) is 0 Å². The number of ether oxygens (including phenoxy) is 6. The fraction of sp³-hybridized carbons (Fsp3) is 1.00. The molecule has 4 rings (SSSR count). The topological polar surface area (TPSA) is 1360 Å². The number of phosphoric ester groups is 18. The van der Waals surface area contributed by atoms with Crippen LogP contribution in [0.15, 0.2) is 0 Å². The third-order valence-electron chi connectivity index (χ3n) is 15.2.